The molecule has 3 unspecified atom stereocenters. The fourth-order valence-corrected chi connectivity index (χ4v) is 5.93. The predicted octanol–water partition coefficient (Wildman–Crippen LogP) is 5.05. The van der Waals surface area contributed by atoms with Crippen molar-refractivity contribution >= 4 is 11.9 Å². The fourth-order valence-electron chi connectivity index (χ4n) is 5.93. The number of amides is 1. The Morgan fingerprint density at radius 2 is 2.03 bits per heavy atom. The Labute approximate surface area is 208 Å². The highest BCUT2D eigenvalue weighted by Crippen LogP contribution is 2.50. The molecule has 3 aliphatic rings. The number of carboxylic acids is 1. The number of ether oxygens (including phenoxy) is 1. The van der Waals surface area contributed by atoms with Crippen LogP contribution in [0.3, 0.4) is 0 Å². The highest BCUT2D eigenvalue weighted by Gasteiger charge is 2.47. The van der Waals surface area contributed by atoms with E-state index in [9.17, 15) is 14.7 Å². The molecule has 2 fully saturated rings. The molecule has 2 bridgehead atoms. The molecule has 3 atom stereocenters. The van der Waals surface area contributed by atoms with Gasteiger partial charge in [-0.3, -0.25) is 9.69 Å². The number of nitrogens with one attached hydrogen (secondary N) is 1. The number of carboxylic acid groups (broad SMARTS) is 1. The average Bonchev–Trinajstić information content (AvgIpc) is 3.67. The summed E-state index contributed by atoms with van der Waals surface area (Å²) in [5.74, 6) is 0.764. The summed E-state index contributed by atoms with van der Waals surface area (Å²) < 4.78 is 5.61. The van der Waals surface area contributed by atoms with Crippen molar-refractivity contribution < 1.29 is 19.4 Å². The number of fused-ring (bicyclic) bond motifs is 2. The Morgan fingerprint density at radius 1 is 1.26 bits per heavy atom. The smallest absolute Gasteiger partial charge is 0.335 e. The summed E-state index contributed by atoms with van der Waals surface area (Å²) in [7, 11) is 1.69. The average molecular weight is 479 g/mol. The molecule has 2 N–H and O–H groups in total. The lowest BCUT2D eigenvalue weighted by Gasteiger charge is -2.53. The van der Waals surface area contributed by atoms with E-state index < -0.39 is 5.97 Å². The normalized spacial score (nSPS) is 27.1. The van der Waals surface area contributed by atoms with Crippen molar-refractivity contribution in [1.82, 2.24) is 10.2 Å². The Hall–Kier alpha value is -2.86. The van der Waals surface area contributed by atoms with Crippen LogP contribution in [0.25, 0.3) is 0 Å². The van der Waals surface area contributed by atoms with Crippen molar-refractivity contribution in [2.75, 3.05) is 26.7 Å². The van der Waals surface area contributed by atoms with Crippen molar-refractivity contribution in [2.24, 2.45) is 17.3 Å². The lowest BCUT2D eigenvalue weighted by molar-refractivity contribution is 0.00163. The first-order chi connectivity index (χ1) is 16.8. The molecule has 1 aromatic carbocycles. The molecule has 6 nitrogen and oxygen atoms in total. The number of carbonyl (C=O) groups excluding carboxylic acids is 1. The molecule has 0 spiro atoms. The number of piperidine rings is 1. The second-order valence-electron chi connectivity index (χ2n) is 10.3. The van der Waals surface area contributed by atoms with Gasteiger partial charge in [-0.1, -0.05) is 25.6 Å². The monoisotopic (exact) mass is 478 g/mol. The molecule has 1 aromatic rings. The number of aromatic carboxylic acids is 1. The van der Waals surface area contributed by atoms with Gasteiger partial charge in [-0.15, -0.1) is 0 Å². The number of benzene rings is 1. The molecule has 6 heteroatoms. The largest absolute Gasteiger partial charge is 0.497 e. The number of likely N-dealkylation sites (tertiary alicyclic amines) is 1. The minimum absolute atomic E-state index is 0.113. The van der Waals surface area contributed by atoms with Gasteiger partial charge >= 0.3 is 5.97 Å². The summed E-state index contributed by atoms with van der Waals surface area (Å²) in [6, 6.07) is 6.65. The number of hydrogen-bond donors (Lipinski definition) is 2. The van der Waals surface area contributed by atoms with E-state index in [1.807, 2.05) is 6.08 Å². The van der Waals surface area contributed by atoms with Crippen molar-refractivity contribution in [1.29, 1.82) is 0 Å². The third-order valence-corrected chi connectivity index (χ3v) is 8.28. The van der Waals surface area contributed by atoms with Crippen LogP contribution < -0.4 is 5.32 Å². The number of allylic oxidation sites excluding steroid dienone is 4. The summed E-state index contributed by atoms with van der Waals surface area (Å²) >= 11 is 0. The molecular formula is C29H38N2O4. The van der Waals surface area contributed by atoms with Gasteiger partial charge in [0, 0.05) is 30.1 Å². The zero-order valence-corrected chi connectivity index (χ0v) is 21.0. The van der Waals surface area contributed by atoms with Crippen LogP contribution >= 0.6 is 0 Å². The fraction of sp³-hybridized carbons (Fsp3) is 0.517. The molecule has 0 aromatic heterocycles. The molecule has 0 radical (unpaired) electrons. The number of nitrogens with zero attached hydrogens (tertiary/aromatic N) is 1. The number of methoxy groups -OCH3 is 1. The molecule has 2 aliphatic carbocycles. The van der Waals surface area contributed by atoms with Crippen LogP contribution in [0.2, 0.25) is 0 Å². The minimum atomic E-state index is -1.04. The van der Waals surface area contributed by atoms with Gasteiger partial charge in [0.2, 0.25) is 0 Å². The molecule has 4 rings (SSSR count). The molecule has 1 aliphatic heterocycles. The summed E-state index contributed by atoms with van der Waals surface area (Å²) in [6.07, 6.45) is 12.9. The highest BCUT2D eigenvalue weighted by atomic mass is 16.5. The van der Waals surface area contributed by atoms with Crippen molar-refractivity contribution in [3.05, 3.63) is 71.5 Å². The zero-order chi connectivity index (χ0) is 25.0. The highest BCUT2D eigenvalue weighted by molar-refractivity contribution is 5.97. The molecule has 1 amide bonds. The van der Waals surface area contributed by atoms with E-state index in [1.165, 1.54) is 31.5 Å². The van der Waals surface area contributed by atoms with Crippen LogP contribution in [-0.4, -0.2) is 54.7 Å². The molecular weight excluding hydrogens is 440 g/mol. The Bertz CT molecular complexity index is 1030. The maximum Gasteiger partial charge on any atom is 0.335 e. The summed E-state index contributed by atoms with van der Waals surface area (Å²) in [5.41, 5.74) is 1.40. The summed E-state index contributed by atoms with van der Waals surface area (Å²) in [6.45, 7) is 9.62. The van der Waals surface area contributed by atoms with Crippen LogP contribution in [0.4, 0.5) is 0 Å². The van der Waals surface area contributed by atoms with Crippen molar-refractivity contribution in [3.63, 3.8) is 0 Å². The van der Waals surface area contributed by atoms with Crippen molar-refractivity contribution in [3.8, 4) is 0 Å². The SMILES string of the molecule is C=C1C=C(OC)C=CCCC2C(C)C1(CCNC(=O)c1cccc(C(=O)O)c1)CCN2CC1CC1. The van der Waals surface area contributed by atoms with Crippen molar-refractivity contribution in [2.45, 2.75) is 51.5 Å². The molecule has 1 saturated carbocycles. The number of carbonyl (C=O) groups is 2. The van der Waals surface area contributed by atoms with E-state index in [1.54, 1.807) is 19.2 Å². The second-order valence-corrected chi connectivity index (χ2v) is 10.3. The van der Waals surface area contributed by atoms with Crippen LogP contribution in [0.5, 0.6) is 0 Å². The first-order valence-electron chi connectivity index (χ1n) is 12.8. The van der Waals surface area contributed by atoms with Crippen LogP contribution in [-0.2, 0) is 4.74 Å². The van der Waals surface area contributed by atoms with Gasteiger partial charge in [-0.2, -0.15) is 0 Å². The van der Waals surface area contributed by atoms with Gasteiger partial charge in [0.05, 0.1) is 12.7 Å². The van der Waals surface area contributed by atoms with E-state index >= 15 is 0 Å². The maximum absolute atomic E-state index is 12.8. The first-order valence-corrected chi connectivity index (χ1v) is 12.8. The predicted molar refractivity (Wildman–Crippen MR) is 137 cm³/mol. The van der Waals surface area contributed by atoms with E-state index in [0.29, 0.717) is 24.1 Å². The summed E-state index contributed by atoms with van der Waals surface area (Å²) in [4.78, 5) is 26.8. The van der Waals surface area contributed by atoms with Crippen LogP contribution in [0.15, 0.2) is 60.4 Å². The second kappa shape index (κ2) is 10.8. The minimum Gasteiger partial charge on any atom is -0.497 e. The summed E-state index contributed by atoms with van der Waals surface area (Å²) in [5, 5.41) is 12.3. The molecule has 35 heavy (non-hydrogen) atoms. The van der Waals surface area contributed by atoms with Crippen LogP contribution in [0.1, 0.15) is 66.2 Å². The van der Waals surface area contributed by atoms with Gasteiger partial charge in [0.1, 0.15) is 5.76 Å². The van der Waals surface area contributed by atoms with E-state index in [4.69, 9.17) is 4.74 Å². The Kier molecular flexibility index (Phi) is 7.80. The lowest BCUT2D eigenvalue weighted by Crippen LogP contribution is -2.55. The Balaban J connectivity index is 1.53. The van der Waals surface area contributed by atoms with Gasteiger partial charge in [0.25, 0.3) is 5.91 Å². The standard InChI is InChI=1S/C29H38N2O4/c1-20-17-25(35-3)9-4-5-10-26-21(2)29(20,14-16-31(26)19-22-11-12-22)13-15-30-27(32)23-7-6-8-24(18-23)28(33)34/h4,6-9,17-18,21-22,26H,1,5,10-16,19H2,2-3H3,(H,30,32)(H,33,34). The zero-order valence-electron chi connectivity index (χ0n) is 21.0. The first kappa shape index (κ1) is 25.2. The lowest BCUT2D eigenvalue weighted by atomic mass is 9.60. The third-order valence-electron chi connectivity index (χ3n) is 8.28. The third kappa shape index (κ3) is 5.69. The topological polar surface area (TPSA) is 78.9 Å². The van der Waals surface area contributed by atoms with Gasteiger partial charge in [-0.25, -0.2) is 4.79 Å². The van der Waals surface area contributed by atoms with Crippen LogP contribution in [0, 0.1) is 17.3 Å². The molecule has 1 heterocycles. The number of hydrogen-bond acceptors (Lipinski definition) is 4. The van der Waals surface area contributed by atoms with Gasteiger partial charge in [0.15, 0.2) is 0 Å². The Morgan fingerprint density at radius 3 is 2.74 bits per heavy atom. The molecule has 1 saturated heterocycles. The van der Waals surface area contributed by atoms with E-state index in [0.717, 1.165) is 49.5 Å². The van der Waals surface area contributed by atoms with Gasteiger partial charge < -0.3 is 15.2 Å². The van der Waals surface area contributed by atoms with E-state index in [2.05, 4.69) is 35.9 Å². The number of rotatable bonds is 8. The maximum atomic E-state index is 12.8. The quantitative estimate of drug-likeness (QED) is 0.547. The van der Waals surface area contributed by atoms with E-state index in [-0.39, 0.29) is 16.9 Å². The molecule has 188 valence electrons. The van der Waals surface area contributed by atoms with Gasteiger partial charge in [-0.05, 0) is 92.8 Å².